The number of rotatable bonds is 6. The molecule has 4 rings (SSSR count). The van der Waals surface area contributed by atoms with E-state index in [1.54, 1.807) is 23.1 Å². The lowest BCUT2D eigenvalue weighted by atomic mass is 9.98. The second-order valence-corrected chi connectivity index (χ2v) is 7.16. The zero-order chi connectivity index (χ0) is 21.1. The molecule has 1 aliphatic heterocycles. The molecule has 30 heavy (non-hydrogen) atoms. The minimum atomic E-state index is -0.809. The molecule has 1 amide bonds. The van der Waals surface area contributed by atoms with E-state index in [-0.39, 0.29) is 11.7 Å². The molecule has 3 aromatic carbocycles. The number of aldehydes is 1. The molecular weight excluding hydrogens is 388 g/mol. The second-order valence-electron chi connectivity index (χ2n) is 7.16. The van der Waals surface area contributed by atoms with Crippen LogP contribution in [0.4, 0.5) is 8.78 Å². The van der Waals surface area contributed by atoms with Crippen molar-refractivity contribution in [1.82, 2.24) is 4.90 Å². The minimum absolute atomic E-state index is 0.108. The first-order chi connectivity index (χ1) is 14.5. The molecule has 0 atom stereocenters. The van der Waals surface area contributed by atoms with Crippen LogP contribution in [0.15, 0.2) is 60.7 Å². The number of nitrogens with zero attached hydrogens (tertiary/aromatic N) is 1. The van der Waals surface area contributed by atoms with Gasteiger partial charge in [0.15, 0.2) is 11.6 Å². The highest BCUT2D eigenvalue weighted by molar-refractivity contribution is 5.97. The highest BCUT2D eigenvalue weighted by atomic mass is 19.1. The predicted octanol–water partition coefficient (Wildman–Crippen LogP) is 4.70. The summed E-state index contributed by atoms with van der Waals surface area (Å²) < 4.78 is 32.5. The molecule has 1 heterocycles. The molecule has 0 bridgehead atoms. The van der Waals surface area contributed by atoms with Crippen LogP contribution >= 0.6 is 0 Å². The van der Waals surface area contributed by atoms with Gasteiger partial charge < -0.3 is 14.4 Å². The van der Waals surface area contributed by atoms with Crippen molar-refractivity contribution in [1.29, 1.82) is 0 Å². The fraction of sp³-hybridized carbons (Fsp3) is 0.167. The minimum Gasteiger partial charge on any atom is -0.454 e. The van der Waals surface area contributed by atoms with Gasteiger partial charge in [-0.2, -0.15) is 0 Å². The third-order valence-electron chi connectivity index (χ3n) is 5.06. The van der Waals surface area contributed by atoms with E-state index < -0.39 is 11.6 Å². The summed E-state index contributed by atoms with van der Waals surface area (Å²) in [5.41, 5.74) is 3.26. The Morgan fingerprint density at radius 1 is 1.00 bits per heavy atom. The molecule has 0 radical (unpaired) electrons. The second kappa shape index (κ2) is 8.45. The van der Waals surface area contributed by atoms with Gasteiger partial charge in [0.2, 0.25) is 0 Å². The Bertz CT molecular complexity index is 1110. The Hall–Kier alpha value is -3.54. The van der Waals surface area contributed by atoms with E-state index in [1.165, 1.54) is 6.07 Å². The van der Waals surface area contributed by atoms with Crippen LogP contribution in [0.3, 0.4) is 0 Å². The van der Waals surface area contributed by atoms with Gasteiger partial charge in [0.25, 0.3) is 5.91 Å². The Morgan fingerprint density at radius 3 is 2.63 bits per heavy atom. The molecule has 3 aromatic rings. The molecule has 152 valence electrons. The maximum absolute atomic E-state index is 13.9. The van der Waals surface area contributed by atoms with Crippen LogP contribution in [0.2, 0.25) is 0 Å². The van der Waals surface area contributed by atoms with Crippen LogP contribution < -0.4 is 4.74 Å². The first-order valence-electron chi connectivity index (χ1n) is 9.60. The molecule has 0 saturated heterocycles. The quantitative estimate of drug-likeness (QED) is 0.557. The largest absolute Gasteiger partial charge is 0.454 e. The van der Waals surface area contributed by atoms with E-state index in [1.807, 2.05) is 24.3 Å². The van der Waals surface area contributed by atoms with E-state index in [4.69, 9.17) is 4.74 Å². The standard InChI is InChI=1S/C24H19F2NO3/c25-19-5-7-23(22(26)13-19)30-20-6-4-18-8-10-27(24(29)21(18)14-20)15-17-3-1-2-16(12-17)9-11-28/h1-7,11-14H,8-10,15H2. The first kappa shape index (κ1) is 19.8. The van der Waals surface area contributed by atoms with Crippen molar-refractivity contribution in [2.75, 3.05) is 6.54 Å². The van der Waals surface area contributed by atoms with Gasteiger partial charge >= 0.3 is 0 Å². The number of carbonyl (C=O) groups excluding carboxylic acids is 2. The van der Waals surface area contributed by atoms with E-state index >= 15 is 0 Å². The van der Waals surface area contributed by atoms with Crippen LogP contribution in [0, 0.1) is 11.6 Å². The Kier molecular flexibility index (Phi) is 5.57. The van der Waals surface area contributed by atoms with E-state index in [9.17, 15) is 18.4 Å². The number of fused-ring (bicyclic) bond motifs is 1. The Balaban J connectivity index is 1.54. The molecule has 0 spiro atoms. The van der Waals surface area contributed by atoms with E-state index in [0.29, 0.717) is 37.2 Å². The van der Waals surface area contributed by atoms with Crippen LogP contribution in [0.25, 0.3) is 0 Å². The summed E-state index contributed by atoms with van der Waals surface area (Å²) in [7, 11) is 0. The lowest BCUT2D eigenvalue weighted by Gasteiger charge is -2.29. The van der Waals surface area contributed by atoms with Gasteiger partial charge in [-0.1, -0.05) is 30.3 Å². The van der Waals surface area contributed by atoms with Crippen molar-refractivity contribution in [3.05, 3.63) is 94.6 Å². The molecule has 0 aromatic heterocycles. The Morgan fingerprint density at radius 2 is 1.83 bits per heavy atom. The first-order valence-corrected chi connectivity index (χ1v) is 9.60. The van der Waals surface area contributed by atoms with Gasteiger partial charge in [-0.05, 0) is 47.4 Å². The van der Waals surface area contributed by atoms with Crippen molar-refractivity contribution < 1.29 is 23.1 Å². The third-order valence-corrected chi connectivity index (χ3v) is 5.06. The highest BCUT2D eigenvalue weighted by Gasteiger charge is 2.25. The van der Waals surface area contributed by atoms with Crippen LogP contribution in [-0.2, 0) is 24.2 Å². The van der Waals surface area contributed by atoms with Gasteiger partial charge in [-0.25, -0.2) is 8.78 Å². The molecule has 6 heteroatoms. The maximum atomic E-state index is 13.9. The molecule has 0 unspecified atom stereocenters. The summed E-state index contributed by atoms with van der Waals surface area (Å²) in [4.78, 5) is 25.5. The number of hydrogen-bond acceptors (Lipinski definition) is 3. The zero-order valence-electron chi connectivity index (χ0n) is 16.1. The van der Waals surface area contributed by atoms with E-state index in [2.05, 4.69) is 0 Å². The molecule has 0 saturated carbocycles. The number of ether oxygens (including phenoxy) is 1. The summed E-state index contributed by atoms with van der Waals surface area (Å²) >= 11 is 0. The topological polar surface area (TPSA) is 46.6 Å². The molecule has 1 aliphatic rings. The molecule has 0 aliphatic carbocycles. The highest BCUT2D eigenvalue weighted by Crippen LogP contribution is 2.29. The SMILES string of the molecule is O=CCc1cccc(CN2CCc3ccc(Oc4ccc(F)cc4F)cc3C2=O)c1. The van der Waals surface area contributed by atoms with Gasteiger partial charge in [0.1, 0.15) is 17.9 Å². The summed E-state index contributed by atoms with van der Waals surface area (Å²) in [5, 5.41) is 0. The van der Waals surface area contributed by atoms with Crippen molar-refractivity contribution in [3.63, 3.8) is 0 Å². The normalized spacial score (nSPS) is 13.1. The average molecular weight is 407 g/mol. The summed E-state index contributed by atoms with van der Waals surface area (Å²) in [6.07, 6.45) is 1.89. The lowest BCUT2D eigenvalue weighted by molar-refractivity contribution is -0.107. The lowest BCUT2D eigenvalue weighted by Crippen LogP contribution is -2.37. The van der Waals surface area contributed by atoms with Crippen molar-refractivity contribution in [2.45, 2.75) is 19.4 Å². The smallest absolute Gasteiger partial charge is 0.254 e. The van der Waals surface area contributed by atoms with Gasteiger partial charge in [0.05, 0.1) is 0 Å². The van der Waals surface area contributed by atoms with Crippen LogP contribution in [0.1, 0.15) is 27.0 Å². The number of hydrogen-bond donors (Lipinski definition) is 0. The van der Waals surface area contributed by atoms with Crippen molar-refractivity contribution in [2.24, 2.45) is 0 Å². The van der Waals surface area contributed by atoms with Crippen LogP contribution in [0.5, 0.6) is 11.5 Å². The van der Waals surface area contributed by atoms with Crippen molar-refractivity contribution in [3.8, 4) is 11.5 Å². The predicted molar refractivity (Wildman–Crippen MR) is 108 cm³/mol. The van der Waals surface area contributed by atoms with Crippen LogP contribution in [-0.4, -0.2) is 23.6 Å². The monoisotopic (exact) mass is 407 g/mol. The molecule has 0 fully saturated rings. The third kappa shape index (κ3) is 4.22. The number of amides is 1. The summed E-state index contributed by atoms with van der Waals surface area (Å²) in [6, 6.07) is 15.7. The summed E-state index contributed by atoms with van der Waals surface area (Å²) in [5.74, 6) is -1.43. The number of halogens is 2. The fourth-order valence-electron chi connectivity index (χ4n) is 3.57. The zero-order valence-corrected chi connectivity index (χ0v) is 16.1. The number of benzene rings is 3. The average Bonchev–Trinajstić information content (AvgIpc) is 2.73. The molecule has 0 N–H and O–H groups in total. The van der Waals surface area contributed by atoms with Gasteiger partial charge in [-0.15, -0.1) is 0 Å². The summed E-state index contributed by atoms with van der Waals surface area (Å²) in [6.45, 7) is 1.01. The fourth-order valence-corrected chi connectivity index (χ4v) is 3.57. The molecule has 4 nitrogen and oxygen atoms in total. The maximum Gasteiger partial charge on any atom is 0.254 e. The Labute approximate surface area is 172 Å². The number of carbonyl (C=O) groups is 2. The van der Waals surface area contributed by atoms with Gasteiger partial charge in [-0.3, -0.25) is 4.79 Å². The van der Waals surface area contributed by atoms with Gasteiger partial charge in [0, 0.05) is 31.1 Å². The van der Waals surface area contributed by atoms with E-state index in [0.717, 1.165) is 35.1 Å². The molecular formula is C24H19F2NO3. The van der Waals surface area contributed by atoms with Crippen molar-refractivity contribution >= 4 is 12.2 Å².